The minimum Gasteiger partial charge on any atom is -0.393 e. The van der Waals surface area contributed by atoms with Crippen molar-refractivity contribution in [1.29, 1.82) is 0 Å². The van der Waals surface area contributed by atoms with E-state index in [1.165, 1.54) is 11.1 Å². The molecule has 0 aliphatic rings. The predicted octanol–water partition coefficient (Wildman–Crippen LogP) is 3.20. The van der Waals surface area contributed by atoms with Gasteiger partial charge in [-0.3, -0.25) is 0 Å². The summed E-state index contributed by atoms with van der Waals surface area (Å²) in [5, 5.41) is 9.41. The van der Waals surface area contributed by atoms with Gasteiger partial charge in [0, 0.05) is 12.4 Å². The van der Waals surface area contributed by atoms with Crippen molar-refractivity contribution in [3.63, 3.8) is 0 Å². The summed E-state index contributed by atoms with van der Waals surface area (Å²) in [6, 6.07) is 8.91. The standard InChI is InChI=1S/C16H22N2O/c1-3-4-16(18-10-9-17-12-18)15-7-5-14(6-8-15)11-13(2)19/h5-10,12-13,16,19H,3-4,11H2,1-2H3. The summed E-state index contributed by atoms with van der Waals surface area (Å²) in [6.45, 7) is 4.02. The van der Waals surface area contributed by atoms with Gasteiger partial charge in [0.05, 0.1) is 18.5 Å². The zero-order valence-electron chi connectivity index (χ0n) is 11.7. The van der Waals surface area contributed by atoms with E-state index < -0.39 is 0 Å². The molecule has 0 spiro atoms. The van der Waals surface area contributed by atoms with Gasteiger partial charge in [0.1, 0.15) is 0 Å². The van der Waals surface area contributed by atoms with Gasteiger partial charge in [0.2, 0.25) is 0 Å². The molecule has 0 saturated carbocycles. The minimum atomic E-state index is -0.286. The number of benzene rings is 1. The Kier molecular flexibility index (Phi) is 4.74. The molecular formula is C16H22N2O. The molecule has 0 fully saturated rings. The molecule has 1 aromatic heterocycles. The van der Waals surface area contributed by atoms with E-state index in [0.717, 1.165) is 12.8 Å². The summed E-state index contributed by atoms with van der Waals surface area (Å²) in [4.78, 5) is 4.14. The topological polar surface area (TPSA) is 38.0 Å². The molecule has 0 aliphatic heterocycles. The number of nitrogens with zero attached hydrogens (tertiary/aromatic N) is 2. The van der Waals surface area contributed by atoms with E-state index in [1.807, 2.05) is 25.6 Å². The third-order valence-electron chi connectivity index (χ3n) is 3.34. The highest BCUT2D eigenvalue weighted by atomic mass is 16.3. The van der Waals surface area contributed by atoms with Gasteiger partial charge in [-0.1, -0.05) is 37.6 Å². The third kappa shape index (κ3) is 3.67. The van der Waals surface area contributed by atoms with Gasteiger partial charge in [-0.05, 0) is 30.9 Å². The number of hydrogen-bond donors (Lipinski definition) is 1. The molecule has 0 saturated heterocycles. The predicted molar refractivity (Wildman–Crippen MR) is 77.1 cm³/mol. The van der Waals surface area contributed by atoms with Gasteiger partial charge in [0.15, 0.2) is 0 Å². The van der Waals surface area contributed by atoms with Crippen LogP contribution < -0.4 is 0 Å². The summed E-state index contributed by atoms with van der Waals surface area (Å²) in [7, 11) is 0. The first-order chi connectivity index (χ1) is 9.20. The molecule has 2 unspecified atom stereocenters. The molecule has 3 heteroatoms. The van der Waals surface area contributed by atoms with Crippen molar-refractivity contribution in [1.82, 2.24) is 9.55 Å². The van der Waals surface area contributed by atoms with Crippen molar-refractivity contribution in [2.75, 3.05) is 0 Å². The summed E-state index contributed by atoms with van der Waals surface area (Å²) < 4.78 is 2.16. The zero-order valence-corrected chi connectivity index (χ0v) is 11.7. The summed E-state index contributed by atoms with van der Waals surface area (Å²) in [5.74, 6) is 0. The molecule has 0 amide bonds. The lowest BCUT2D eigenvalue weighted by atomic mass is 9.99. The van der Waals surface area contributed by atoms with E-state index >= 15 is 0 Å². The van der Waals surface area contributed by atoms with E-state index in [9.17, 15) is 5.11 Å². The smallest absolute Gasteiger partial charge is 0.0951 e. The van der Waals surface area contributed by atoms with Crippen LogP contribution in [0.4, 0.5) is 0 Å². The van der Waals surface area contributed by atoms with E-state index in [1.54, 1.807) is 0 Å². The molecule has 0 bridgehead atoms. The quantitative estimate of drug-likeness (QED) is 0.864. The van der Waals surface area contributed by atoms with Crippen LogP contribution >= 0.6 is 0 Å². The van der Waals surface area contributed by atoms with Crippen LogP contribution in [-0.2, 0) is 6.42 Å². The molecule has 19 heavy (non-hydrogen) atoms. The first kappa shape index (κ1) is 13.8. The Hall–Kier alpha value is -1.61. The van der Waals surface area contributed by atoms with Gasteiger partial charge >= 0.3 is 0 Å². The lowest BCUT2D eigenvalue weighted by molar-refractivity contribution is 0.195. The van der Waals surface area contributed by atoms with Crippen molar-refractivity contribution < 1.29 is 5.11 Å². The Morgan fingerprint density at radius 3 is 2.53 bits per heavy atom. The average Bonchev–Trinajstić information content (AvgIpc) is 2.90. The highest BCUT2D eigenvalue weighted by Gasteiger charge is 2.12. The van der Waals surface area contributed by atoms with Gasteiger partial charge in [-0.25, -0.2) is 4.98 Å². The van der Waals surface area contributed by atoms with Crippen molar-refractivity contribution in [2.24, 2.45) is 0 Å². The Balaban J connectivity index is 2.18. The van der Waals surface area contributed by atoms with Gasteiger partial charge < -0.3 is 9.67 Å². The molecule has 1 N–H and O–H groups in total. The number of aromatic nitrogens is 2. The molecule has 2 atom stereocenters. The van der Waals surface area contributed by atoms with Crippen LogP contribution in [0.3, 0.4) is 0 Å². The maximum absolute atomic E-state index is 9.41. The Morgan fingerprint density at radius 2 is 2.00 bits per heavy atom. The molecule has 2 rings (SSSR count). The van der Waals surface area contributed by atoms with Crippen LogP contribution in [0.2, 0.25) is 0 Å². The van der Waals surface area contributed by atoms with E-state index in [-0.39, 0.29) is 6.10 Å². The largest absolute Gasteiger partial charge is 0.393 e. The van der Waals surface area contributed by atoms with Crippen LogP contribution in [0.15, 0.2) is 43.0 Å². The van der Waals surface area contributed by atoms with Crippen LogP contribution in [0.5, 0.6) is 0 Å². The van der Waals surface area contributed by atoms with Gasteiger partial charge in [0.25, 0.3) is 0 Å². The van der Waals surface area contributed by atoms with Crippen LogP contribution in [0, 0.1) is 0 Å². The molecule has 0 aliphatic carbocycles. The first-order valence-corrected chi connectivity index (χ1v) is 6.95. The van der Waals surface area contributed by atoms with E-state index in [2.05, 4.69) is 40.7 Å². The van der Waals surface area contributed by atoms with Crippen LogP contribution in [0.1, 0.15) is 43.9 Å². The number of aliphatic hydroxyl groups is 1. The Bertz CT molecular complexity index is 474. The fourth-order valence-corrected chi connectivity index (χ4v) is 2.43. The van der Waals surface area contributed by atoms with Gasteiger partial charge in [-0.2, -0.15) is 0 Å². The van der Waals surface area contributed by atoms with Gasteiger partial charge in [-0.15, -0.1) is 0 Å². The number of rotatable bonds is 6. The molecule has 1 heterocycles. The molecular weight excluding hydrogens is 236 g/mol. The summed E-state index contributed by atoms with van der Waals surface area (Å²) >= 11 is 0. The summed E-state index contributed by atoms with van der Waals surface area (Å²) in [6.07, 6.45) is 8.39. The second-order valence-electron chi connectivity index (χ2n) is 5.11. The lowest BCUT2D eigenvalue weighted by Gasteiger charge is -2.18. The SMILES string of the molecule is CCCC(c1ccc(CC(C)O)cc1)n1ccnc1. The minimum absolute atomic E-state index is 0.286. The Labute approximate surface area is 114 Å². The number of imidazole rings is 1. The average molecular weight is 258 g/mol. The monoisotopic (exact) mass is 258 g/mol. The van der Waals surface area contributed by atoms with Crippen molar-refractivity contribution in [2.45, 2.75) is 45.3 Å². The maximum Gasteiger partial charge on any atom is 0.0951 e. The van der Waals surface area contributed by atoms with Crippen LogP contribution in [0.25, 0.3) is 0 Å². The molecule has 102 valence electrons. The first-order valence-electron chi connectivity index (χ1n) is 6.95. The molecule has 0 radical (unpaired) electrons. The molecule has 2 aromatic rings. The van der Waals surface area contributed by atoms with Crippen LogP contribution in [-0.4, -0.2) is 20.8 Å². The van der Waals surface area contributed by atoms with Crippen molar-refractivity contribution in [3.8, 4) is 0 Å². The molecule has 1 aromatic carbocycles. The fourth-order valence-electron chi connectivity index (χ4n) is 2.43. The van der Waals surface area contributed by atoms with Crippen molar-refractivity contribution >= 4 is 0 Å². The third-order valence-corrected chi connectivity index (χ3v) is 3.34. The highest BCUT2D eigenvalue weighted by Crippen LogP contribution is 2.23. The maximum atomic E-state index is 9.41. The number of hydrogen-bond acceptors (Lipinski definition) is 2. The number of aliphatic hydroxyl groups excluding tert-OH is 1. The fraction of sp³-hybridized carbons (Fsp3) is 0.438. The zero-order chi connectivity index (χ0) is 13.7. The highest BCUT2D eigenvalue weighted by molar-refractivity contribution is 5.26. The lowest BCUT2D eigenvalue weighted by Crippen LogP contribution is -2.09. The Morgan fingerprint density at radius 1 is 1.26 bits per heavy atom. The second-order valence-corrected chi connectivity index (χ2v) is 5.11. The van der Waals surface area contributed by atoms with Crippen molar-refractivity contribution in [3.05, 3.63) is 54.1 Å². The van der Waals surface area contributed by atoms with E-state index in [4.69, 9.17) is 0 Å². The summed E-state index contributed by atoms with van der Waals surface area (Å²) in [5.41, 5.74) is 2.48. The van der Waals surface area contributed by atoms with E-state index in [0.29, 0.717) is 12.5 Å². The molecule has 3 nitrogen and oxygen atoms in total. The normalized spacial score (nSPS) is 14.3. The second kappa shape index (κ2) is 6.53.